The first kappa shape index (κ1) is 19.8. The van der Waals surface area contributed by atoms with Gasteiger partial charge in [-0.25, -0.2) is 9.37 Å². The standard InChI is InChI=1S/C22H21FN2O2S/c1-16-25-20(15-28-16)14-27-21-8-3-2-6-18(21)9-10-22(26)24-12-11-17-5-4-7-19(23)13-17/h2-10,13,15H,11-12,14H2,1H3,(H,24,26)/b10-9+. The van der Waals surface area contributed by atoms with Crippen LogP contribution >= 0.6 is 11.3 Å². The van der Waals surface area contributed by atoms with Crippen molar-refractivity contribution in [2.75, 3.05) is 6.54 Å². The zero-order valence-electron chi connectivity index (χ0n) is 15.5. The highest BCUT2D eigenvalue weighted by Gasteiger charge is 2.04. The van der Waals surface area contributed by atoms with Gasteiger partial charge in [-0.3, -0.25) is 4.79 Å². The molecule has 2 aromatic carbocycles. The number of halogens is 1. The van der Waals surface area contributed by atoms with E-state index in [1.807, 2.05) is 42.6 Å². The fourth-order valence-electron chi connectivity index (χ4n) is 2.62. The Morgan fingerprint density at radius 1 is 1.25 bits per heavy atom. The number of thiazole rings is 1. The quantitative estimate of drug-likeness (QED) is 0.569. The molecule has 0 aliphatic heterocycles. The summed E-state index contributed by atoms with van der Waals surface area (Å²) in [7, 11) is 0. The van der Waals surface area contributed by atoms with E-state index >= 15 is 0 Å². The van der Waals surface area contributed by atoms with Crippen LogP contribution in [-0.2, 0) is 17.8 Å². The number of aryl methyl sites for hydroxylation is 1. The second-order valence-electron chi connectivity index (χ2n) is 6.19. The molecule has 1 aromatic heterocycles. The van der Waals surface area contributed by atoms with Crippen molar-refractivity contribution >= 4 is 23.3 Å². The van der Waals surface area contributed by atoms with E-state index in [4.69, 9.17) is 4.74 Å². The SMILES string of the molecule is Cc1nc(COc2ccccc2/C=C/C(=O)NCCc2cccc(F)c2)cs1. The fraction of sp³-hybridized carbons (Fsp3) is 0.182. The van der Waals surface area contributed by atoms with Crippen LogP contribution in [0.15, 0.2) is 60.0 Å². The van der Waals surface area contributed by atoms with Gasteiger partial charge in [0.1, 0.15) is 18.2 Å². The first-order valence-electron chi connectivity index (χ1n) is 8.93. The molecule has 3 aromatic rings. The average Bonchev–Trinajstić information content (AvgIpc) is 3.11. The lowest BCUT2D eigenvalue weighted by molar-refractivity contribution is -0.116. The molecular formula is C22H21FN2O2S. The number of nitrogens with one attached hydrogen (secondary N) is 1. The zero-order valence-corrected chi connectivity index (χ0v) is 16.3. The van der Waals surface area contributed by atoms with Gasteiger partial charge in [0.05, 0.1) is 10.7 Å². The van der Waals surface area contributed by atoms with Gasteiger partial charge in [-0.2, -0.15) is 0 Å². The van der Waals surface area contributed by atoms with E-state index in [-0.39, 0.29) is 11.7 Å². The maximum absolute atomic E-state index is 13.2. The summed E-state index contributed by atoms with van der Waals surface area (Å²) in [4.78, 5) is 16.4. The summed E-state index contributed by atoms with van der Waals surface area (Å²) in [5.41, 5.74) is 2.55. The highest BCUT2D eigenvalue weighted by Crippen LogP contribution is 2.21. The number of rotatable bonds is 8. The van der Waals surface area contributed by atoms with Gasteiger partial charge in [-0.1, -0.05) is 30.3 Å². The number of ether oxygens (including phenoxy) is 1. The van der Waals surface area contributed by atoms with Gasteiger partial charge in [0.2, 0.25) is 5.91 Å². The van der Waals surface area contributed by atoms with Crippen molar-refractivity contribution < 1.29 is 13.9 Å². The summed E-state index contributed by atoms with van der Waals surface area (Å²) in [5, 5.41) is 5.78. The van der Waals surface area contributed by atoms with Crippen LogP contribution in [0.5, 0.6) is 5.75 Å². The largest absolute Gasteiger partial charge is 0.487 e. The lowest BCUT2D eigenvalue weighted by atomic mass is 10.1. The van der Waals surface area contributed by atoms with E-state index in [1.54, 1.807) is 23.5 Å². The fourth-order valence-corrected chi connectivity index (χ4v) is 3.22. The van der Waals surface area contributed by atoms with Gasteiger partial charge in [0, 0.05) is 23.6 Å². The molecule has 0 atom stereocenters. The van der Waals surface area contributed by atoms with E-state index in [2.05, 4.69) is 10.3 Å². The molecule has 1 heterocycles. The van der Waals surface area contributed by atoms with Crippen LogP contribution in [0, 0.1) is 12.7 Å². The number of hydrogen-bond donors (Lipinski definition) is 1. The predicted molar refractivity (Wildman–Crippen MR) is 110 cm³/mol. The Morgan fingerprint density at radius 3 is 2.89 bits per heavy atom. The minimum absolute atomic E-state index is 0.207. The molecule has 28 heavy (non-hydrogen) atoms. The molecule has 0 radical (unpaired) electrons. The maximum atomic E-state index is 13.2. The molecule has 6 heteroatoms. The number of amides is 1. The molecule has 0 fully saturated rings. The Labute approximate surface area is 167 Å². The van der Waals surface area contributed by atoms with Crippen LogP contribution in [0.25, 0.3) is 6.08 Å². The summed E-state index contributed by atoms with van der Waals surface area (Å²) in [5.74, 6) is 0.214. The van der Waals surface area contributed by atoms with Gasteiger partial charge in [0.25, 0.3) is 0 Å². The molecule has 144 valence electrons. The Morgan fingerprint density at radius 2 is 2.11 bits per heavy atom. The van der Waals surface area contributed by atoms with Crippen molar-refractivity contribution in [2.45, 2.75) is 20.0 Å². The van der Waals surface area contributed by atoms with Crippen molar-refractivity contribution in [1.29, 1.82) is 0 Å². The van der Waals surface area contributed by atoms with Gasteiger partial charge in [0.15, 0.2) is 0 Å². The molecule has 0 bridgehead atoms. The number of para-hydroxylation sites is 1. The Kier molecular flexibility index (Phi) is 6.92. The van der Waals surface area contributed by atoms with Crippen LogP contribution in [0.2, 0.25) is 0 Å². The maximum Gasteiger partial charge on any atom is 0.244 e. The summed E-state index contributed by atoms with van der Waals surface area (Å²) < 4.78 is 19.0. The normalized spacial score (nSPS) is 10.9. The van der Waals surface area contributed by atoms with E-state index in [1.165, 1.54) is 18.2 Å². The molecular weight excluding hydrogens is 375 g/mol. The lowest BCUT2D eigenvalue weighted by Crippen LogP contribution is -2.23. The number of nitrogens with zero attached hydrogens (tertiary/aromatic N) is 1. The first-order chi connectivity index (χ1) is 13.6. The van der Waals surface area contributed by atoms with E-state index in [0.717, 1.165) is 21.8 Å². The minimum atomic E-state index is -0.270. The zero-order chi connectivity index (χ0) is 19.8. The Bertz CT molecular complexity index is 968. The molecule has 0 saturated heterocycles. The minimum Gasteiger partial charge on any atom is -0.487 e. The molecule has 0 spiro atoms. The third-order valence-electron chi connectivity index (χ3n) is 3.98. The second kappa shape index (κ2) is 9.80. The van der Waals surface area contributed by atoms with Crippen LogP contribution in [0.1, 0.15) is 21.8 Å². The number of carbonyl (C=O) groups is 1. The Hall–Kier alpha value is -2.99. The summed E-state index contributed by atoms with van der Waals surface area (Å²) in [6.07, 6.45) is 3.77. The summed E-state index contributed by atoms with van der Waals surface area (Å²) in [6, 6.07) is 13.9. The first-order valence-corrected chi connectivity index (χ1v) is 9.81. The number of aromatic nitrogens is 1. The predicted octanol–water partition coefficient (Wildman–Crippen LogP) is 4.54. The summed E-state index contributed by atoms with van der Waals surface area (Å²) in [6.45, 7) is 2.78. The molecule has 0 aliphatic rings. The topological polar surface area (TPSA) is 51.2 Å². The average molecular weight is 396 g/mol. The van der Waals surface area contributed by atoms with Crippen LogP contribution in [0.4, 0.5) is 4.39 Å². The number of benzene rings is 2. The lowest BCUT2D eigenvalue weighted by Gasteiger charge is -2.08. The van der Waals surface area contributed by atoms with Crippen molar-refractivity contribution in [3.63, 3.8) is 0 Å². The van der Waals surface area contributed by atoms with E-state index in [0.29, 0.717) is 25.3 Å². The molecule has 4 nitrogen and oxygen atoms in total. The smallest absolute Gasteiger partial charge is 0.244 e. The van der Waals surface area contributed by atoms with Crippen molar-refractivity contribution in [3.05, 3.63) is 87.6 Å². The Balaban J connectivity index is 1.52. The van der Waals surface area contributed by atoms with Gasteiger partial charge >= 0.3 is 0 Å². The highest BCUT2D eigenvalue weighted by atomic mass is 32.1. The molecule has 3 rings (SSSR count). The van der Waals surface area contributed by atoms with Gasteiger partial charge < -0.3 is 10.1 Å². The van der Waals surface area contributed by atoms with Crippen LogP contribution in [0.3, 0.4) is 0 Å². The van der Waals surface area contributed by atoms with Gasteiger partial charge in [-0.15, -0.1) is 11.3 Å². The van der Waals surface area contributed by atoms with E-state index < -0.39 is 0 Å². The molecule has 0 aliphatic carbocycles. The van der Waals surface area contributed by atoms with Crippen molar-refractivity contribution in [1.82, 2.24) is 10.3 Å². The van der Waals surface area contributed by atoms with Crippen LogP contribution < -0.4 is 10.1 Å². The van der Waals surface area contributed by atoms with Gasteiger partial charge in [-0.05, 0) is 43.2 Å². The van der Waals surface area contributed by atoms with Crippen LogP contribution in [-0.4, -0.2) is 17.4 Å². The monoisotopic (exact) mass is 396 g/mol. The van der Waals surface area contributed by atoms with Crippen molar-refractivity contribution in [2.24, 2.45) is 0 Å². The van der Waals surface area contributed by atoms with Crippen molar-refractivity contribution in [3.8, 4) is 5.75 Å². The molecule has 0 saturated carbocycles. The molecule has 1 amide bonds. The third kappa shape index (κ3) is 6.03. The third-order valence-corrected chi connectivity index (χ3v) is 4.80. The second-order valence-corrected chi connectivity index (χ2v) is 7.25. The molecule has 0 unspecified atom stereocenters. The summed E-state index contributed by atoms with van der Waals surface area (Å²) >= 11 is 1.59. The molecule has 1 N–H and O–H groups in total. The number of hydrogen-bond acceptors (Lipinski definition) is 4. The van der Waals surface area contributed by atoms with E-state index in [9.17, 15) is 9.18 Å². The highest BCUT2D eigenvalue weighted by molar-refractivity contribution is 7.09. The number of carbonyl (C=O) groups excluding carboxylic acids is 1.